The molecule has 9 heteroatoms. The molecule has 2 N–H and O–H groups in total. The predicted octanol–water partition coefficient (Wildman–Crippen LogP) is 4.41. The number of ether oxygens (including phenoxy) is 1. The molecule has 4 rings (SSSR count). The number of benzene rings is 2. The molecule has 1 saturated heterocycles. The summed E-state index contributed by atoms with van der Waals surface area (Å²) in [5.74, 6) is 0.707. The number of piperidine rings is 1. The van der Waals surface area contributed by atoms with Crippen molar-refractivity contribution < 1.29 is 17.9 Å². The van der Waals surface area contributed by atoms with Crippen LogP contribution < -0.4 is 15.4 Å². The fourth-order valence-electron chi connectivity index (χ4n) is 4.06. The average Bonchev–Trinajstić information content (AvgIpc) is 3.41. The molecule has 0 atom stereocenters. The first-order valence-corrected chi connectivity index (χ1v) is 14.6. The minimum absolute atomic E-state index is 0.177. The van der Waals surface area contributed by atoms with Gasteiger partial charge in [-0.25, -0.2) is 8.42 Å². The van der Waals surface area contributed by atoms with E-state index in [2.05, 4.69) is 29.7 Å². The van der Waals surface area contributed by atoms with E-state index in [1.54, 1.807) is 28.6 Å². The molecule has 7 nitrogen and oxygen atoms in total. The van der Waals surface area contributed by atoms with Crippen LogP contribution in [0.1, 0.15) is 47.0 Å². The van der Waals surface area contributed by atoms with Gasteiger partial charge in [-0.3, -0.25) is 4.79 Å². The smallest absolute Gasteiger partial charge is 0.252 e. The topological polar surface area (TPSA) is 87.7 Å². The first kappa shape index (κ1) is 26.3. The summed E-state index contributed by atoms with van der Waals surface area (Å²) in [5, 5.41) is 6.41. The van der Waals surface area contributed by atoms with Gasteiger partial charge in [0.1, 0.15) is 9.96 Å². The lowest BCUT2D eigenvalue weighted by Gasteiger charge is -2.31. The van der Waals surface area contributed by atoms with Crippen molar-refractivity contribution in [3.05, 3.63) is 82.7 Å². The van der Waals surface area contributed by atoms with Crippen LogP contribution in [0.25, 0.3) is 0 Å². The van der Waals surface area contributed by atoms with Crippen LogP contribution in [0.5, 0.6) is 5.75 Å². The summed E-state index contributed by atoms with van der Waals surface area (Å²) in [6.07, 6.45) is 2.52. The maximum atomic E-state index is 13.2. The molecule has 1 aliphatic heterocycles. The van der Waals surface area contributed by atoms with Gasteiger partial charge in [-0.1, -0.05) is 37.3 Å². The van der Waals surface area contributed by atoms with Gasteiger partial charge < -0.3 is 15.4 Å². The normalized spacial score (nSPS) is 15.0. The number of sulfonamides is 1. The Labute approximate surface area is 217 Å². The number of carbonyl (C=O) groups excluding carboxylic acids is 1. The highest BCUT2D eigenvalue weighted by molar-refractivity contribution is 7.91. The first-order valence-electron chi connectivity index (χ1n) is 12.3. The molecule has 0 radical (unpaired) electrons. The Kier molecular flexibility index (Phi) is 9.14. The molecule has 0 saturated carbocycles. The minimum Gasteiger partial charge on any atom is -0.494 e. The van der Waals surface area contributed by atoms with Gasteiger partial charge in [0.25, 0.3) is 15.9 Å². The highest BCUT2D eigenvalue weighted by Crippen LogP contribution is 2.27. The summed E-state index contributed by atoms with van der Waals surface area (Å²) in [5.41, 5.74) is 1.76. The average molecular weight is 528 g/mol. The van der Waals surface area contributed by atoms with Gasteiger partial charge in [0.2, 0.25) is 0 Å². The van der Waals surface area contributed by atoms with Gasteiger partial charge in [-0.15, -0.1) is 11.3 Å². The van der Waals surface area contributed by atoms with E-state index in [0.717, 1.165) is 43.0 Å². The highest BCUT2D eigenvalue weighted by Gasteiger charge is 2.30. The van der Waals surface area contributed by atoms with Crippen molar-refractivity contribution in [1.82, 2.24) is 14.9 Å². The van der Waals surface area contributed by atoms with Gasteiger partial charge in [0.05, 0.1) is 13.2 Å². The van der Waals surface area contributed by atoms with Crippen LogP contribution in [0.2, 0.25) is 0 Å². The van der Waals surface area contributed by atoms with Crippen molar-refractivity contribution >= 4 is 27.3 Å². The molecule has 192 valence electrons. The molecule has 2 aromatic carbocycles. The number of nitrogens with zero attached hydrogens (tertiary/aromatic N) is 1. The maximum Gasteiger partial charge on any atom is 0.252 e. The van der Waals surface area contributed by atoms with E-state index in [1.807, 2.05) is 30.3 Å². The Morgan fingerprint density at radius 2 is 1.72 bits per heavy atom. The summed E-state index contributed by atoms with van der Waals surface area (Å²) in [6, 6.07) is 20.8. The van der Waals surface area contributed by atoms with Gasteiger partial charge in [0.15, 0.2) is 0 Å². The van der Waals surface area contributed by atoms with Gasteiger partial charge in [-0.2, -0.15) is 4.31 Å². The fraction of sp³-hybridized carbons (Fsp3) is 0.370. The standard InChI is InChI=1S/C27H33N3O4S2/c1-2-18-34-24-10-8-21(9-11-24)19-28-23-14-16-30(17-15-23)36(32,33)26-13-12-25(35-26)20-29-27(31)22-6-4-3-5-7-22/h3-13,23,28H,2,14-20H2,1H3,(H,29,31). The lowest BCUT2D eigenvalue weighted by Crippen LogP contribution is -2.44. The molecule has 0 aliphatic carbocycles. The van der Waals surface area contributed by atoms with E-state index in [0.29, 0.717) is 29.4 Å². The van der Waals surface area contributed by atoms with E-state index < -0.39 is 10.0 Å². The van der Waals surface area contributed by atoms with E-state index >= 15 is 0 Å². The van der Waals surface area contributed by atoms with Crippen molar-refractivity contribution in [3.63, 3.8) is 0 Å². The molecule has 0 unspecified atom stereocenters. The molecule has 1 aromatic heterocycles. The molecule has 2 heterocycles. The van der Waals surface area contributed by atoms with Crippen LogP contribution in [0.4, 0.5) is 0 Å². The molecule has 3 aromatic rings. The zero-order valence-corrected chi connectivity index (χ0v) is 22.1. The SMILES string of the molecule is CCCOc1ccc(CNC2CCN(S(=O)(=O)c3ccc(CNC(=O)c4ccccc4)s3)CC2)cc1. The van der Waals surface area contributed by atoms with E-state index in [-0.39, 0.29) is 11.9 Å². The van der Waals surface area contributed by atoms with Crippen LogP contribution >= 0.6 is 11.3 Å². The Bertz CT molecular complexity index is 1220. The molecular formula is C27H33N3O4S2. The van der Waals surface area contributed by atoms with E-state index in [4.69, 9.17) is 4.74 Å². The first-order chi connectivity index (χ1) is 17.5. The lowest BCUT2D eigenvalue weighted by molar-refractivity contribution is 0.0951. The van der Waals surface area contributed by atoms with Gasteiger partial charge in [0, 0.05) is 36.1 Å². The third kappa shape index (κ3) is 6.94. The van der Waals surface area contributed by atoms with Crippen molar-refractivity contribution in [1.29, 1.82) is 0 Å². The number of rotatable bonds is 11. The molecule has 0 bridgehead atoms. The number of hydrogen-bond donors (Lipinski definition) is 2. The summed E-state index contributed by atoms with van der Waals surface area (Å²) < 4.78 is 33.9. The number of hydrogen-bond acceptors (Lipinski definition) is 6. The largest absolute Gasteiger partial charge is 0.494 e. The Morgan fingerprint density at radius 3 is 2.42 bits per heavy atom. The minimum atomic E-state index is -3.54. The predicted molar refractivity (Wildman–Crippen MR) is 143 cm³/mol. The molecule has 36 heavy (non-hydrogen) atoms. The maximum absolute atomic E-state index is 13.2. The Hall–Kier alpha value is -2.72. The summed E-state index contributed by atoms with van der Waals surface area (Å²) in [6.45, 7) is 4.82. The van der Waals surface area contributed by atoms with Crippen molar-refractivity contribution in [3.8, 4) is 5.75 Å². The van der Waals surface area contributed by atoms with Crippen LogP contribution in [-0.2, 0) is 23.1 Å². The molecule has 1 fully saturated rings. The highest BCUT2D eigenvalue weighted by atomic mass is 32.2. The monoisotopic (exact) mass is 527 g/mol. The van der Waals surface area contributed by atoms with Crippen LogP contribution in [0, 0.1) is 0 Å². The second-order valence-electron chi connectivity index (χ2n) is 8.82. The molecule has 0 spiro atoms. The summed E-state index contributed by atoms with van der Waals surface area (Å²) in [4.78, 5) is 13.1. The number of carbonyl (C=O) groups is 1. The van der Waals surface area contributed by atoms with Gasteiger partial charge in [-0.05, 0) is 61.2 Å². The number of amides is 1. The third-order valence-electron chi connectivity index (χ3n) is 6.14. The van der Waals surface area contributed by atoms with Crippen LogP contribution in [0.3, 0.4) is 0 Å². The number of nitrogens with one attached hydrogen (secondary N) is 2. The fourth-order valence-corrected chi connectivity index (χ4v) is 6.98. The van der Waals surface area contributed by atoms with Crippen molar-refractivity contribution in [2.45, 2.75) is 49.5 Å². The van der Waals surface area contributed by atoms with E-state index in [1.165, 1.54) is 16.9 Å². The quantitative estimate of drug-likeness (QED) is 0.386. The van der Waals surface area contributed by atoms with Crippen LogP contribution in [-0.4, -0.2) is 44.4 Å². The zero-order valence-electron chi connectivity index (χ0n) is 20.5. The summed E-state index contributed by atoms with van der Waals surface area (Å²) >= 11 is 1.21. The Balaban J connectivity index is 1.24. The zero-order chi connectivity index (χ0) is 25.4. The van der Waals surface area contributed by atoms with E-state index in [9.17, 15) is 13.2 Å². The Morgan fingerprint density at radius 1 is 1.00 bits per heavy atom. The third-order valence-corrected chi connectivity index (χ3v) is 9.59. The summed E-state index contributed by atoms with van der Waals surface area (Å²) in [7, 11) is -3.54. The molecular weight excluding hydrogens is 494 g/mol. The molecule has 1 amide bonds. The van der Waals surface area contributed by atoms with Crippen molar-refractivity contribution in [2.75, 3.05) is 19.7 Å². The second kappa shape index (κ2) is 12.5. The number of thiophene rings is 1. The van der Waals surface area contributed by atoms with Gasteiger partial charge >= 0.3 is 0 Å². The van der Waals surface area contributed by atoms with Crippen LogP contribution in [0.15, 0.2) is 70.9 Å². The second-order valence-corrected chi connectivity index (χ2v) is 12.2. The molecule has 1 aliphatic rings. The van der Waals surface area contributed by atoms with Crippen molar-refractivity contribution in [2.24, 2.45) is 0 Å². The lowest BCUT2D eigenvalue weighted by atomic mass is 10.1.